The Labute approximate surface area is 89.1 Å². The molecule has 0 bridgehead atoms. The second-order valence-electron chi connectivity index (χ2n) is 3.06. The molecule has 0 saturated carbocycles. The number of rotatable bonds is 6. The minimum absolute atomic E-state index is 0.0710. The number of benzene rings is 1. The molecule has 2 N–H and O–H groups in total. The van der Waals surface area contributed by atoms with Gasteiger partial charge in [0.15, 0.2) is 0 Å². The van der Waals surface area contributed by atoms with Gasteiger partial charge in [-0.05, 0) is 12.1 Å². The molecule has 4 heteroatoms. The van der Waals surface area contributed by atoms with Crippen molar-refractivity contribution < 1.29 is 19.7 Å². The number of aliphatic hydroxyl groups excluding tert-OH is 2. The van der Waals surface area contributed by atoms with Crippen LogP contribution >= 0.6 is 0 Å². The predicted molar refractivity (Wildman–Crippen MR) is 56.1 cm³/mol. The van der Waals surface area contributed by atoms with Gasteiger partial charge in [0.1, 0.15) is 11.5 Å². The summed E-state index contributed by atoms with van der Waals surface area (Å²) in [6.45, 7) is 0.452. The molecule has 0 fully saturated rings. The highest BCUT2D eigenvalue weighted by molar-refractivity contribution is 5.40. The molecule has 0 aliphatic heterocycles. The average molecular weight is 212 g/mol. The van der Waals surface area contributed by atoms with Gasteiger partial charge in [0.2, 0.25) is 0 Å². The van der Waals surface area contributed by atoms with Crippen LogP contribution in [0, 0.1) is 0 Å². The zero-order chi connectivity index (χ0) is 11.1. The lowest BCUT2D eigenvalue weighted by Crippen LogP contribution is -2.02. The van der Waals surface area contributed by atoms with E-state index in [0.29, 0.717) is 30.1 Å². The maximum Gasteiger partial charge on any atom is 0.128 e. The molecule has 0 unspecified atom stereocenters. The average Bonchev–Trinajstić information content (AvgIpc) is 2.29. The highest BCUT2D eigenvalue weighted by atomic mass is 16.5. The van der Waals surface area contributed by atoms with E-state index in [1.165, 1.54) is 0 Å². The van der Waals surface area contributed by atoms with Gasteiger partial charge in [-0.25, -0.2) is 0 Å². The van der Waals surface area contributed by atoms with E-state index >= 15 is 0 Å². The molecular formula is C11H16O4. The van der Waals surface area contributed by atoms with Crippen molar-refractivity contribution in [3.63, 3.8) is 0 Å². The van der Waals surface area contributed by atoms with Crippen LogP contribution in [0.5, 0.6) is 11.5 Å². The van der Waals surface area contributed by atoms with Gasteiger partial charge >= 0.3 is 0 Å². The summed E-state index contributed by atoms with van der Waals surface area (Å²) in [6, 6.07) is 5.25. The van der Waals surface area contributed by atoms with Crippen molar-refractivity contribution in [2.24, 2.45) is 0 Å². The molecule has 0 saturated heterocycles. The Bertz CT molecular complexity index is 299. The van der Waals surface area contributed by atoms with Crippen LogP contribution in [-0.4, -0.2) is 30.5 Å². The van der Waals surface area contributed by atoms with Crippen molar-refractivity contribution >= 4 is 0 Å². The molecule has 0 spiro atoms. The number of hydrogen-bond donors (Lipinski definition) is 2. The number of ether oxygens (including phenoxy) is 2. The third kappa shape index (κ3) is 3.42. The van der Waals surface area contributed by atoms with Crippen molar-refractivity contribution in [1.82, 2.24) is 0 Å². The summed E-state index contributed by atoms with van der Waals surface area (Å²) < 4.78 is 10.5. The molecule has 1 aromatic carbocycles. The second kappa shape index (κ2) is 6.27. The molecule has 0 radical (unpaired) electrons. The maximum absolute atomic E-state index is 9.07. The second-order valence-corrected chi connectivity index (χ2v) is 3.06. The van der Waals surface area contributed by atoms with Crippen LogP contribution < -0.4 is 9.47 Å². The summed E-state index contributed by atoms with van der Waals surface area (Å²) in [5.74, 6) is 1.29. The Morgan fingerprint density at radius 3 is 2.67 bits per heavy atom. The van der Waals surface area contributed by atoms with Crippen molar-refractivity contribution in [3.05, 3.63) is 23.8 Å². The summed E-state index contributed by atoms with van der Waals surface area (Å²) in [5.41, 5.74) is 0.716. The van der Waals surface area contributed by atoms with Crippen LogP contribution in [0.3, 0.4) is 0 Å². The highest BCUT2D eigenvalue weighted by Gasteiger charge is 2.04. The predicted octanol–water partition coefficient (Wildman–Crippen LogP) is 0.949. The Morgan fingerprint density at radius 1 is 1.27 bits per heavy atom. The molecule has 1 rings (SSSR count). The first-order chi connectivity index (χ1) is 7.31. The van der Waals surface area contributed by atoms with Crippen molar-refractivity contribution in [1.29, 1.82) is 0 Å². The van der Waals surface area contributed by atoms with Gasteiger partial charge in [-0.2, -0.15) is 0 Å². The molecule has 0 amide bonds. The largest absolute Gasteiger partial charge is 0.497 e. The quantitative estimate of drug-likeness (QED) is 0.689. The first-order valence-corrected chi connectivity index (χ1v) is 4.83. The molecule has 15 heavy (non-hydrogen) atoms. The van der Waals surface area contributed by atoms with Gasteiger partial charge in [0.05, 0.1) is 20.3 Å². The number of hydrogen-bond acceptors (Lipinski definition) is 4. The van der Waals surface area contributed by atoms with E-state index < -0.39 is 0 Å². The van der Waals surface area contributed by atoms with E-state index in [4.69, 9.17) is 19.7 Å². The van der Waals surface area contributed by atoms with Gasteiger partial charge in [-0.15, -0.1) is 0 Å². The minimum Gasteiger partial charge on any atom is -0.497 e. The lowest BCUT2D eigenvalue weighted by Gasteiger charge is -2.11. The Hall–Kier alpha value is -1.26. The first-order valence-electron chi connectivity index (χ1n) is 4.83. The Kier molecular flexibility index (Phi) is 4.93. The summed E-state index contributed by atoms with van der Waals surface area (Å²) in [4.78, 5) is 0. The molecule has 1 aromatic rings. The monoisotopic (exact) mass is 212 g/mol. The van der Waals surface area contributed by atoms with E-state index in [-0.39, 0.29) is 13.2 Å². The van der Waals surface area contributed by atoms with Crippen LogP contribution in [0.4, 0.5) is 0 Å². The van der Waals surface area contributed by atoms with E-state index in [2.05, 4.69) is 0 Å². The number of methoxy groups -OCH3 is 1. The maximum atomic E-state index is 9.07. The van der Waals surface area contributed by atoms with Crippen LogP contribution in [0.1, 0.15) is 12.0 Å². The van der Waals surface area contributed by atoms with Crippen LogP contribution in [0.2, 0.25) is 0 Å². The summed E-state index contributed by atoms with van der Waals surface area (Å²) >= 11 is 0. The van der Waals surface area contributed by atoms with Gasteiger partial charge in [-0.3, -0.25) is 0 Å². The van der Waals surface area contributed by atoms with Crippen molar-refractivity contribution in [3.8, 4) is 11.5 Å². The van der Waals surface area contributed by atoms with E-state index in [1.807, 2.05) is 0 Å². The highest BCUT2D eigenvalue weighted by Crippen LogP contribution is 2.24. The van der Waals surface area contributed by atoms with Crippen molar-refractivity contribution in [2.45, 2.75) is 13.0 Å². The molecular weight excluding hydrogens is 196 g/mol. The van der Waals surface area contributed by atoms with Gasteiger partial charge in [0.25, 0.3) is 0 Å². The summed E-state index contributed by atoms with van der Waals surface area (Å²) in [6.07, 6.45) is 0.572. The Morgan fingerprint density at radius 2 is 2.07 bits per heavy atom. The number of aliphatic hydroxyl groups is 2. The zero-order valence-corrected chi connectivity index (χ0v) is 8.77. The molecule has 0 atom stereocenters. The summed E-state index contributed by atoms with van der Waals surface area (Å²) in [7, 11) is 1.57. The smallest absolute Gasteiger partial charge is 0.128 e. The summed E-state index contributed by atoms with van der Waals surface area (Å²) in [5, 5.41) is 17.7. The first kappa shape index (κ1) is 11.8. The lowest BCUT2D eigenvalue weighted by molar-refractivity contribution is 0.225. The molecule has 0 aromatic heterocycles. The third-order valence-corrected chi connectivity index (χ3v) is 2.00. The van der Waals surface area contributed by atoms with Crippen LogP contribution in [0.25, 0.3) is 0 Å². The zero-order valence-electron chi connectivity index (χ0n) is 8.77. The van der Waals surface area contributed by atoms with Gasteiger partial charge in [-0.1, -0.05) is 0 Å². The standard InChI is InChI=1S/C11H16O4/c1-14-10-4-3-9(8-13)11(7-10)15-6-2-5-12/h3-4,7,12-13H,2,5-6,8H2,1H3. The fraction of sp³-hybridized carbons (Fsp3) is 0.455. The van der Waals surface area contributed by atoms with Gasteiger partial charge < -0.3 is 19.7 Å². The third-order valence-electron chi connectivity index (χ3n) is 2.00. The lowest BCUT2D eigenvalue weighted by atomic mass is 10.2. The molecule has 4 nitrogen and oxygen atoms in total. The Balaban J connectivity index is 2.72. The molecule has 84 valence electrons. The molecule has 0 aliphatic carbocycles. The van der Waals surface area contributed by atoms with E-state index in [1.54, 1.807) is 25.3 Å². The molecule has 0 heterocycles. The van der Waals surface area contributed by atoms with Crippen LogP contribution in [-0.2, 0) is 6.61 Å². The molecule has 0 aliphatic rings. The van der Waals surface area contributed by atoms with E-state index in [9.17, 15) is 0 Å². The van der Waals surface area contributed by atoms with E-state index in [0.717, 1.165) is 0 Å². The SMILES string of the molecule is COc1ccc(CO)c(OCCCO)c1. The van der Waals surface area contributed by atoms with Gasteiger partial charge in [0, 0.05) is 24.7 Å². The topological polar surface area (TPSA) is 58.9 Å². The fourth-order valence-corrected chi connectivity index (χ4v) is 1.17. The van der Waals surface area contributed by atoms with Crippen molar-refractivity contribution in [2.75, 3.05) is 20.3 Å². The van der Waals surface area contributed by atoms with Crippen LogP contribution in [0.15, 0.2) is 18.2 Å². The normalized spacial score (nSPS) is 10.1. The minimum atomic E-state index is -0.0710. The fourth-order valence-electron chi connectivity index (χ4n) is 1.17.